The molecule has 0 bridgehead atoms. The Kier molecular flexibility index (Phi) is 3.58. The Labute approximate surface area is 136 Å². The summed E-state index contributed by atoms with van der Waals surface area (Å²) in [6, 6.07) is 3.66. The summed E-state index contributed by atoms with van der Waals surface area (Å²) in [5.41, 5.74) is 0.910. The molecule has 1 aliphatic heterocycles. The molecule has 1 atom stereocenters. The minimum absolute atomic E-state index is 0.0371. The highest BCUT2D eigenvalue weighted by atomic mass is 32.1. The SMILES string of the molecule is O=C(c1cnc(-c2cccnc2)s1)N1CCCC1c1ncon1. The number of aromatic nitrogens is 4. The molecular weight excluding hydrogens is 314 g/mol. The predicted molar refractivity (Wildman–Crippen MR) is 82.7 cm³/mol. The smallest absolute Gasteiger partial charge is 0.266 e. The van der Waals surface area contributed by atoms with E-state index in [1.807, 2.05) is 12.1 Å². The number of pyridine rings is 1. The van der Waals surface area contributed by atoms with Gasteiger partial charge in [-0.25, -0.2) is 4.98 Å². The lowest BCUT2D eigenvalue weighted by molar-refractivity contribution is 0.0733. The molecule has 1 amide bonds. The molecule has 0 N–H and O–H groups in total. The van der Waals surface area contributed by atoms with Gasteiger partial charge in [0.1, 0.15) is 9.88 Å². The van der Waals surface area contributed by atoms with Crippen molar-refractivity contribution < 1.29 is 9.32 Å². The number of likely N-dealkylation sites (tertiary alicyclic amines) is 1. The number of rotatable bonds is 3. The second-order valence-corrected chi connectivity index (χ2v) is 6.25. The lowest BCUT2D eigenvalue weighted by Crippen LogP contribution is -2.30. The van der Waals surface area contributed by atoms with Gasteiger partial charge in [0.2, 0.25) is 6.39 Å². The normalized spacial score (nSPS) is 17.6. The highest BCUT2D eigenvalue weighted by Crippen LogP contribution is 2.33. The van der Waals surface area contributed by atoms with Crippen molar-refractivity contribution in [3.63, 3.8) is 0 Å². The fourth-order valence-electron chi connectivity index (χ4n) is 2.74. The van der Waals surface area contributed by atoms with Gasteiger partial charge in [-0.15, -0.1) is 11.3 Å². The molecule has 7 nitrogen and oxygen atoms in total. The Morgan fingerprint density at radius 3 is 3.09 bits per heavy atom. The number of nitrogens with zero attached hydrogens (tertiary/aromatic N) is 5. The van der Waals surface area contributed by atoms with E-state index in [1.165, 1.54) is 17.7 Å². The van der Waals surface area contributed by atoms with E-state index in [0.717, 1.165) is 23.4 Å². The van der Waals surface area contributed by atoms with Crippen molar-refractivity contribution in [2.45, 2.75) is 18.9 Å². The second-order valence-electron chi connectivity index (χ2n) is 5.22. The minimum Gasteiger partial charge on any atom is -0.343 e. The lowest BCUT2D eigenvalue weighted by atomic mass is 10.2. The Hall–Kier alpha value is -2.61. The van der Waals surface area contributed by atoms with Gasteiger partial charge in [-0.1, -0.05) is 5.16 Å². The Morgan fingerprint density at radius 2 is 2.30 bits per heavy atom. The first-order chi connectivity index (χ1) is 11.3. The zero-order valence-electron chi connectivity index (χ0n) is 12.1. The Balaban J connectivity index is 1.59. The molecule has 0 saturated carbocycles. The molecule has 1 saturated heterocycles. The molecule has 8 heteroatoms. The summed E-state index contributed by atoms with van der Waals surface area (Å²) in [7, 11) is 0. The van der Waals surface area contributed by atoms with E-state index in [-0.39, 0.29) is 11.9 Å². The quantitative estimate of drug-likeness (QED) is 0.735. The number of thiazole rings is 1. The van der Waals surface area contributed by atoms with Gasteiger partial charge in [-0.2, -0.15) is 4.98 Å². The highest BCUT2D eigenvalue weighted by molar-refractivity contribution is 7.16. The summed E-state index contributed by atoms with van der Waals surface area (Å²) in [6.07, 6.45) is 8.15. The van der Waals surface area contributed by atoms with Gasteiger partial charge in [-0.05, 0) is 25.0 Å². The standard InChI is InChI=1S/C15H13N5O2S/c21-15(20-6-2-4-11(20)13-18-9-22-19-13)12-8-17-14(23-12)10-3-1-5-16-7-10/h1,3,5,7-9,11H,2,4,6H2. The van der Waals surface area contributed by atoms with Crippen LogP contribution in [0.4, 0.5) is 0 Å². The van der Waals surface area contributed by atoms with Crippen molar-refractivity contribution >= 4 is 17.2 Å². The zero-order chi connectivity index (χ0) is 15.6. The van der Waals surface area contributed by atoms with Crippen molar-refractivity contribution in [3.8, 4) is 10.6 Å². The molecule has 23 heavy (non-hydrogen) atoms. The summed E-state index contributed by atoms with van der Waals surface area (Å²) in [5, 5.41) is 4.67. The average molecular weight is 327 g/mol. The van der Waals surface area contributed by atoms with Gasteiger partial charge in [-0.3, -0.25) is 9.78 Å². The molecule has 3 aromatic heterocycles. The van der Waals surface area contributed by atoms with Crippen molar-refractivity contribution in [1.29, 1.82) is 0 Å². The molecule has 1 aliphatic rings. The number of carbonyl (C=O) groups excluding carboxylic acids is 1. The largest absolute Gasteiger partial charge is 0.343 e. The summed E-state index contributed by atoms with van der Waals surface area (Å²) >= 11 is 1.37. The first kappa shape index (κ1) is 14.0. The monoisotopic (exact) mass is 327 g/mol. The van der Waals surface area contributed by atoms with E-state index in [9.17, 15) is 4.79 Å². The average Bonchev–Trinajstić information content (AvgIpc) is 3.34. The highest BCUT2D eigenvalue weighted by Gasteiger charge is 2.34. The molecule has 1 fully saturated rings. The maximum atomic E-state index is 12.8. The van der Waals surface area contributed by atoms with E-state index in [1.54, 1.807) is 23.5 Å². The first-order valence-electron chi connectivity index (χ1n) is 7.26. The Morgan fingerprint density at radius 1 is 1.35 bits per heavy atom. The fourth-order valence-corrected chi connectivity index (χ4v) is 3.60. The van der Waals surface area contributed by atoms with Gasteiger partial charge >= 0.3 is 0 Å². The summed E-state index contributed by atoms with van der Waals surface area (Å²) in [6.45, 7) is 0.693. The van der Waals surface area contributed by atoms with Crippen LogP contribution in [0.2, 0.25) is 0 Å². The number of hydrogen-bond donors (Lipinski definition) is 0. The van der Waals surface area contributed by atoms with Crippen LogP contribution in [0.1, 0.15) is 34.4 Å². The molecule has 3 aromatic rings. The van der Waals surface area contributed by atoms with E-state index in [4.69, 9.17) is 4.52 Å². The van der Waals surface area contributed by atoms with Crippen LogP contribution >= 0.6 is 11.3 Å². The fraction of sp³-hybridized carbons (Fsp3) is 0.267. The summed E-state index contributed by atoms with van der Waals surface area (Å²) in [4.78, 5) is 27.7. The first-order valence-corrected chi connectivity index (χ1v) is 8.08. The third-order valence-electron chi connectivity index (χ3n) is 3.82. The molecule has 1 unspecified atom stereocenters. The molecule has 0 aromatic carbocycles. The van der Waals surface area contributed by atoms with Gasteiger partial charge in [0.25, 0.3) is 5.91 Å². The number of amides is 1. The van der Waals surface area contributed by atoms with Crippen LogP contribution < -0.4 is 0 Å². The zero-order valence-corrected chi connectivity index (χ0v) is 12.9. The number of carbonyl (C=O) groups is 1. The molecule has 0 aliphatic carbocycles. The van der Waals surface area contributed by atoms with Crippen LogP contribution in [0.25, 0.3) is 10.6 Å². The van der Waals surface area contributed by atoms with Gasteiger partial charge < -0.3 is 9.42 Å². The second kappa shape index (κ2) is 5.88. The van der Waals surface area contributed by atoms with E-state index < -0.39 is 0 Å². The van der Waals surface area contributed by atoms with Crippen LogP contribution in [-0.4, -0.2) is 37.5 Å². The van der Waals surface area contributed by atoms with Crippen LogP contribution in [0.3, 0.4) is 0 Å². The van der Waals surface area contributed by atoms with Crippen LogP contribution in [0, 0.1) is 0 Å². The van der Waals surface area contributed by atoms with Crippen molar-refractivity contribution in [2.24, 2.45) is 0 Å². The molecule has 4 heterocycles. The molecule has 116 valence electrons. The predicted octanol–water partition coefficient (Wildman–Crippen LogP) is 2.57. The van der Waals surface area contributed by atoms with Crippen LogP contribution in [0.5, 0.6) is 0 Å². The summed E-state index contributed by atoms with van der Waals surface area (Å²) < 4.78 is 4.81. The van der Waals surface area contributed by atoms with E-state index >= 15 is 0 Å². The maximum absolute atomic E-state index is 12.8. The molecular formula is C15H13N5O2S. The Bertz CT molecular complexity index is 802. The van der Waals surface area contributed by atoms with Crippen molar-refractivity contribution in [2.75, 3.05) is 6.54 Å². The minimum atomic E-state index is -0.120. The lowest BCUT2D eigenvalue weighted by Gasteiger charge is -2.21. The maximum Gasteiger partial charge on any atom is 0.266 e. The third-order valence-corrected chi connectivity index (χ3v) is 4.85. The van der Waals surface area contributed by atoms with E-state index in [0.29, 0.717) is 17.2 Å². The van der Waals surface area contributed by atoms with Crippen molar-refractivity contribution in [1.82, 2.24) is 25.0 Å². The van der Waals surface area contributed by atoms with Gasteiger partial charge in [0, 0.05) is 24.5 Å². The van der Waals surface area contributed by atoms with Gasteiger partial charge in [0.05, 0.1) is 12.2 Å². The van der Waals surface area contributed by atoms with Crippen molar-refractivity contribution in [3.05, 3.63) is 47.8 Å². The molecule has 0 spiro atoms. The van der Waals surface area contributed by atoms with Crippen LogP contribution in [-0.2, 0) is 0 Å². The van der Waals surface area contributed by atoms with E-state index in [2.05, 4.69) is 20.1 Å². The third kappa shape index (κ3) is 2.61. The topological polar surface area (TPSA) is 85.0 Å². The van der Waals surface area contributed by atoms with Gasteiger partial charge in [0.15, 0.2) is 5.82 Å². The number of hydrogen-bond acceptors (Lipinski definition) is 7. The molecule has 0 radical (unpaired) electrons. The molecule has 4 rings (SSSR count). The van der Waals surface area contributed by atoms with Crippen LogP contribution in [0.15, 0.2) is 41.6 Å². The summed E-state index contributed by atoms with van der Waals surface area (Å²) in [5.74, 6) is 0.526.